The zero-order valence-electron chi connectivity index (χ0n) is 12.4. The van der Waals surface area contributed by atoms with Crippen LogP contribution in [0.1, 0.15) is 17.6 Å². The minimum Gasteiger partial charge on any atom is -0.467 e. The molecule has 1 unspecified atom stereocenters. The number of furan rings is 1. The van der Waals surface area contributed by atoms with Gasteiger partial charge in [0.2, 0.25) is 0 Å². The summed E-state index contributed by atoms with van der Waals surface area (Å²) in [6.45, 7) is 4.39. The van der Waals surface area contributed by atoms with E-state index < -0.39 is 0 Å². The van der Waals surface area contributed by atoms with Gasteiger partial charge in [0.15, 0.2) is 0 Å². The Labute approximate surface area is 129 Å². The molecule has 0 saturated carbocycles. The molecule has 6 heteroatoms. The highest BCUT2D eigenvalue weighted by Crippen LogP contribution is 2.20. The van der Waals surface area contributed by atoms with Gasteiger partial charge in [-0.05, 0) is 12.1 Å². The van der Waals surface area contributed by atoms with Gasteiger partial charge in [0.05, 0.1) is 6.26 Å². The minimum atomic E-state index is 0.0131. The summed E-state index contributed by atoms with van der Waals surface area (Å²) >= 11 is 2.05. The highest BCUT2D eigenvalue weighted by Gasteiger charge is 2.20. The Bertz CT molecular complexity index is 534. The van der Waals surface area contributed by atoms with Crippen LogP contribution in [0, 0.1) is 0 Å². The van der Waals surface area contributed by atoms with Gasteiger partial charge in [0.25, 0.3) is 0 Å². The smallest absolute Gasteiger partial charge is 0.133 e. The van der Waals surface area contributed by atoms with Crippen LogP contribution in [0.25, 0.3) is 0 Å². The monoisotopic (exact) mass is 306 g/mol. The Kier molecular flexibility index (Phi) is 5.00. The molecular formula is C15H22N4OS. The van der Waals surface area contributed by atoms with Crippen molar-refractivity contribution >= 4 is 11.8 Å². The van der Waals surface area contributed by atoms with Gasteiger partial charge in [-0.2, -0.15) is 11.8 Å². The first kappa shape index (κ1) is 14.7. The molecule has 1 N–H and O–H groups in total. The summed E-state index contributed by atoms with van der Waals surface area (Å²) in [5, 5.41) is 3.59. The highest BCUT2D eigenvalue weighted by atomic mass is 32.2. The average molecular weight is 306 g/mol. The first-order chi connectivity index (χ1) is 10.3. The number of hydrogen-bond acceptors (Lipinski definition) is 5. The van der Waals surface area contributed by atoms with Crippen molar-refractivity contribution in [3.63, 3.8) is 0 Å². The van der Waals surface area contributed by atoms with E-state index in [1.54, 1.807) is 6.26 Å². The topological polar surface area (TPSA) is 46.2 Å². The van der Waals surface area contributed by atoms with Gasteiger partial charge in [0.1, 0.15) is 17.6 Å². The maximum Gasteiger partial charge on any atom is 0.133 e. The van der Waals surface area contributed by atoms with Crippen molar-refractivity contribution in [2.24, 2.45) is 7.05 Å². The number of aromatic nitrogens is 2. The van der Waals surface area contributed by atoms with Crippen LogP contribution >= 0.6 is 11.8 Å². The summed E-state index contributed by atoms with van der Waals surface area (Å²) in [6, 6.07) is 3.94. The van der Waals surface area contributed by atoms with Crippen LogP contribution in [0.2, 0.25) is 0 Å². The number of rotatable bonds is 6. The zero-order valence-corrected chi connectivity index (χ0v) is 13.2. The second-order valence-corrected chi connectivity index (χ2v) is 6.48. The van der Waals surface area contributed by atoms with Crippen molar-refractivity contribution in [2.45, 2.75) is 6.04 Å². The van der Waals surface area contributed by atoms with Crippen LogP contribution < -0.4 is 5.32 Å². The molecule has 0 bridgehead atoms. The number of imidazole rings is 1. The Morgan fingerprint density at radius 3 is 2.95 bits per heavy atom. The van der Waals surface area contributed by atoms with E-state index in [1.807, 2.05) is 47.9 Å². The molecule has 1 saturated heterocycles. The lowest BCUT2D eigenvalue weighted by atomic mass is 10.2. The minimum absolute atomic E-state index is 0.0131. The van der Waals surface area contributed by atoms with Crippen molar-refractivity contribution in [3.05, 3.63) is 42.4 Å². The fraction of sp³-hybridized carbons (Fsp3) is 0.533. The third-order valence-electron chi connectivity index (χ3n) is 3.82. The molecule has 0 spiro atoms. The summed E-state index contributed by atoms with van der Waals surface area (Å²) in [6.07, 6.45) is 5.51. The van der Waals surface area contributed by atoms with E-state index in [9.17, 15) is 0 Å². The van der Waals surface area contributed by atoms with Gasteiger partial charge >= 0.3 is 0 Å². The van der Waals surface area contributed by atoms with E-state index in [1.165, 1.54) is 24.6 Å². The predicted molar refractivity (Wildman–Crippen MR) is 85.5 cm³/mol. The van der Waals surface area contributed by atoms with Crippen LogP contribution in [0.5, 0.6) is 0 Å². The molecule has 0 radical (unpaired) electrons. The molecule has 2 aromatic heterocycles. The summed E-state index contributed by atoms with van der Waals surface area (Å²) in [5.41, 5.74) is 0. The Balaban J connectivity index is 1.62. The second kappa shape index (κ2) is 7.15. The largest absolute Gasteiger partial charge is 0.467 e. The van der Waals surface area contributed by atoms with E-state index in [0.717, 1.165) is 24.7 Å². The summed E-state index contributed by atoms with van der Waals surface area (Å²) in [5.74, 6) is 4.40. The Morgan fingerprint density at radius 2 is 2.29 bits per heavy atom. The van der Waals surface area contributed by atoms with Gasteiger partial charge in [-0.25, -0.2) is 4.98 Å². The van der Waals surface area contributed by atoms with Crippen molar-refractivity contribution in [3.8, 4) is 0 Å². The van der Waals surface area contributed by atoms with Crippen molar-refractivity contribution in [2.75, 3.05) is 37.7 Å². The predicted octanol–water partition coefficient (Wildman–Crippen LogP) is 1.74. The fourth-order valence-corrected chi connectivity index (χ4v) is 3.60. The molecule has 3 heterocycles. The Hall–Kier alpha value is -1.24. The number of hydrogen-bond donors (Lipinski definition) is 1. The number of thioether (sulfide) groups is 1. The first-order valence-corrected chi connectivity index (χ1v) is 8.54. The molecule has 1 fully saturated rings. The van der Waals surface area contributed by atoms with Gasteiger partial charge in [0, 0.05) is 57.1 Å². The maximum absolute atomic E-state index is 5.58. The van der Waals surface area contributed by atoms with E-state index in [4.69, 9.17) is 4.42 Å². The molecule has 1 aliphatic rings. The number of aryl methyl sites for hydroxylation is 1. The van der Waals surface area contributed by atoms with E-state index >= 15 is 0 Å². The fourth-order valence-electron chi connectivity index (χ4n) is 2.62. The first-order valence-electron chi connectivity index (χ1n) is 7.38. The third-order valence-corrected chi connectivity index (χ3v) is 4.77. The average Bonchev–Trinajstić information content (AvgIpc) is 3.17. The number of nitrogens with zero attached hydrogens (tertiary/aromatic N) is 3. The van der Waals surface area contributed by atoms with Crippen molar-refractivity contribution < 1.29 is 4.42 Å². The normalized spacial score (nSPS) is 18.0. The third kappa shape index (κ3) is 3.70. The van der Waals surface area contributed by atoms with Gasteiger partial charge in [-0.15, -0.1) is 0 Å². The Morgan fingerprint density at radius 1 is 1.43 bits per heavy atom. The summed E-state index contributed by atoms with van der Waals surface area (Å²) < 4.78 is 7.62. The quantitative estimate of drug-likeness (QED) is 0.881. The van der Waals surface area contributed by atoms with Crippen molar-refractivity contribution in [1.29, 1.82) is 0 Å². The second-order valence-electron chi connectivity index (χ2n) is 5.25. The lowest BCUT2D eigenvalue weighted by molar-refractivity contribution is 0.293. The van der Waals surface area contributed by atoms with Crippen molar-refractivity contribution in [1.82, 2.24) is 19.8 Å². The summed E-state index contributed by atoms with van der Waals surface area (Å²) in [4.78, 5) is 6.98. The van der Waals surface area contributed by atoms with Crippen LogP contribution in [0.4, 0.5) is 0 Å². The molecule has 5 nitrogen and oxygen atoms in total. The molecule has 3 rings (SSSR count). The number of nitrogens with one attached hydrogen (secondary N) is 1. The lowest BCUT2D eigenvalue weighted by Gasteiger charge is -2.27. The van der Waals surface area contributed by atoms with Crippen LogP contribution in [-0.2, 0) is 7.05 Å². The van der Waals surface area contributed by atoms with Crippen LogP contribution in [0.15, 0.2) is 35.2 Å². The van der Waals surface area contributed by atoms with Gasteiger partial charge in [-0.1, -0.05) is 0 Å². The molecule has 21 heavy (non-hydrogen) atoms. The standard InChI is InChI=1S/C15H22N4OS/c1-18-6-4-17-15(18)14(13-3-2-10-20-13)16-5-7-19-8-11-21-12-9-19/h2-4,6,10,14,16H,5,7-9,11-12H2,1H3. The van der Waals surface area contributed by atoms with Gasteiger partial charge in [-0.3, -0.25) is 5.32 Å². The molecule has 114 valence electrons. The van der Waals surface area contributed by atoms with Gasteiger partial charge < -0.3 is 13.9 Å². The SMILES string of the molecule is Cn1ccnc1C(NCCN1CCSCC1)c1ccco1. The molecule has 1 aliphatic heterocycles. The zero-order chi connectivity index (χ0) is 14.5. The molecule has 0 aromatic carbocycles. The highest BCUT2D eigenvalue weighted by molar-refractivity contribution is 7.99. The van der Waals surface area contributed by atoms with E-state index in [2.05, 4.69) is 15.2 Å². The molecule has 1 atom stereocenters. The van der Waals surface area contributed by atoms with E-state index in [0.29, 0.717) is 0 Å². The van der Waals surface area contributed by atoms with Crippen LogP contribution in [0.3, 0.4) is 0 Å². The lowest BCUT2D eigenvalue weighted by Crippen LogP contribution is -2.39. The molecular weight excluding hydrogens is 284 g/mol. The molecule has 2 aromatic rings. The van der Waals surface area contributed by atoms with E-state index in [-0.39, 0.29) is 6.04 Å². The maximum atomic E-state index is 5.58. The summed E-state index contributed by atoms with van der Waals surface area (Å²) in [7, 11) is 2.02. The molecule has 0 aliphatic carbocycles. The molecule has 0 amide bonds. The van der Waals surface area contributed by atoms with Crippen LogP contribution in [-0.4, -0.2) is 52.1 Å².